The molecular formula is C14H14N4O2S. The van der Waals surface area contributed by atoms with Crippen molar-refractivity contribution in [3.8, 4) is 17.6 Å². The lowest BCUT2D eigenvalue weighted by molar-refractivity contribution is 0.339. The van der Waals surface area contributed by atoms with E-state index in [2.05, 4.69) is 17.9 Å². The van der Waals surface area contributed by atoms with Crippen LogP contribution in [0.5, 0.6) is 11.5 Å². The van der Waals surface area contributed by atoms with Gasteiger partial charge < -0.3 is 26.3 Å². The Morgan fingerprint density at radius 3 is 2.90 bits per heavy atom. The Kier molecular flexibility index (Phi) is 3.20. The highest BCUT2D eigenvalue weighted by Crippen LogP contribution is 2.45. The molecule has 2 unspecified atom stereocenters. The first-order valence-electron chi connectivity index (χ1n) is 6.27. The van der Waals surface area contributed by atoms with E-state index >= 15 is 0 Å². The van der Waals surface area contributed by atoms with Crippen LogP contribution in [0.4, 0.5) is 0 Å². The van der Waals surface area contributed by atoms with Crippen molar-refractivity contribution in [2.24, 2.45) is 11.5 Å². The third kappa shape index (κ3) is 2.00. The molecular weight excluding hydrogens is 288 g/mol. The molecule has 0 bridgehead atoms. The Morgan fingerprint density at radius 1 is 1.48 bits per heavy atom. The van der Waals surface area contributed by atoms with Crippen LogP contribution < -0.4 is 26.3 Å². The minimum absolute atomic E-state index is 0.280. The van der Waals surface area contributed by atoms with Crippen LogP contribution in [0, 0.1) is 11.3 Å². The first-order valence-corrected chi connectivity index (χ1v) is 6.78. The van der Waals surface area contributed by atoms with Gasteiger partial charge in [0, 0.05) is 5.56 Å². The number of fused-ring (bicyclic) bond motifs is 1. The molecule has 0 fully saturated rings. The van der Waals surface area contributed by atoms with Gasteiger partial charge in [0.25, 0.3) is 0 Å². The van der Waals surface area contributed by atoms with Crippen molar-refractivity contribution in [2.75, 3.05) is 7.11 Å². The maximum absolute atomic E-state index is 9.17. The molecule has 1 aromatic rings. The molecule has 2 aliphatic rings. The van der Waals surface area contributed by atoms with Crippen molar-refractivity contribution in [3.05, 3.63) is 46.5 Å². The van der Waals surface area contributed by atoms with Crippen LogP contribution in [-0.2, 0) is 0 Å². The van der Waals surface area contributed by atoms with E-state index in [0.717, 1.165) is 5.56 Å². The summed E-state index contributed by atoms with van der Waals surface area (Å²) in [7, 11) is 1.59. The summed E-state index contributed by atoms with van der Waals surface area (Å²) in [6.07, 6.45) is -0.686. The Labute approximate surface area is 127 Å². The van der Waals surface area contributed by atoms with Crippen LogP contribution in [0.1, 0.15) is 10.8 Å². The monoisotopic (exact) mass is 302 g/mol. The summed E-state index contributed by atoms with van der Waals surface area (Å²) in [5.74, 6) is 1.79. The molecule has 0 radical (unpaired) electrons. The molecule has 7 heteroatoms. The number of thiol groups is 1. The van der Waals surface area contributed by atoms with Gasteiger partial charge in [0.15, 0.2) is 0 Å². The van der Waals surface area contributed by atoms with Crippen molar-refractivity contribution in [1.82, 2.24) is 5.32 Å². The topological polar surface area (TPSA) is 106 Å². The minimum Gasteiger partial charge on any atom is -0.497 e. The van der Waals surface area contributed by atoms with E-state index in [4.69, 9.17) is 26.2 Å². The van der Waals surface area contributed by atoms with Gasteiger partial charge in [0.1, 0.15) is 23.7 Å². The lowest BCUT2D eigenvalue weighted by Crippen LogP contribution is -2.46. The molecule has 2 atom stereocenters. The number of methoxy groups -OCH3 is 1. The van der Waals surface area contributed by atoms with E-state index < -0.39 is 6.17 Å². The zero-order chi connectivity index (χ0) is 15.1. The predicted octanol–water partition coefficient (Wildman–Crippen LogP) is 0.894. The average Bonchev–Trinajstić information content (AvgIpc) is 2.47. The van der Waals surface area contributed by atoms with Crippen molar-refractivity contribution in [3.63, 3.8) is 0 Å². The molecule has 0 aliphatic carbocycles. The van der Waals surface area contributed by atoms with E-state index in [1.54, 1.807) is 19.2 Å². The van der Waals surface area contributed by atoms with Gasteiger partial charge in [-0.15, -0.1) is 0 Å². The Hall–Kier alpha value is -2.30. The standard InChI is InChI=1S/C14H14N4O2S/c1-19-6-2-3-9-7(4-6)12(21)10-11(16)8(5-15)13(17)18-14(10)20-9/h2-4,12-13,18,21H,16-17H2,1H3. The van der Waals surface area contributed by atoms with E-state index in [-0.39, 0.29) is 10.8 Å². The number of hydrogen-bond donors (Lipinski definition) is 4. The smallest absolute Gasteiger partial charge is 0.201 e. The summed E-state index contributed by atoms with van der Waals surface area (Å²) >= 11 is 4.62. The van der Waals surface area contributed by atoms with E-state index in [1.807, 2.05) is 12.1 Å². The van der Waals surface area contributed by atoms with Gasteiger partial charge in [-0.3, -0.25) is 0 Å². The number of nitrogens with zero attached hydrogens (tertiary/aromatic N) is 1. The molecule has 5 N–H and O–H groups in total. The normalized spacial score (nSPS) is 23.5. The van der Waals surface area contributed by atoms with Gasteiger partial charge in [-0.05, 0) is 18.2 Å². The highest BCUT2D eigenvalue weighted by atomic mass is 32.1. The second-order valence-corrected chi connectivity index (χ2v) is 5.23. The van der Waals surface area contributed by atoms with E-state index in [1.165, 1.54) is 0 Å². The number of hydrogen-bond acceptors (Lipinski definition) is 7. The van der Waals surface area contributed by atoms with Crippen LogP contribution in [-0.4, -0.2) is 13.3 Å². The summed E-state index contributed by atoms with van der Waals surface area (Å²) in [6.45, 7) is 0. The summed E-state index contributed by atoms with van der Waals surface area (Å²) in [5, 5.41) is 11.8. The number of nitrogens with two attached hydrogens (primary N) is 2. The molecule has 0 spiro atoms. The van der Waals surface area contributed by atoms with Gasteiger partial charge in [-0.1, -0.05) is 0 Å². The van der Waals surface area contributed by atoms with Crippen LogP contribution in [0.2, 0.25) is 0 Å². The quantitative estimate of drug-likeness (QED) is 0.574. The molecule has 6 nitrogen and oxygen atoms in total. The minimum atomic E-state index is -0.686. The summed E-state index contributed by atoms with van der Waals surface area (Å²) < 4.78 is 11.0. The van der Waals surface area contributed by atoms with Crippen LogP contribution in [0.15, 0.2) is 40.9 Å². The number of nitriles is 1. The molecule has 0 amide bonds. The van der Waals surface area contributed by atoms with Crippen molar-refractivity contribution in [2.45, 2.75) is 11.4 Å². The Bertz CT molecular complexity index is 720. The van der Waals surface area contributed by atoms with Gasteiger partial charge in [-0.2, -0.15) is 17.9 Å². The zero-order valence-corrected chi connectivity index (χ0v) is 12.1. The van der Waals surface area contributed by atoms with Crippen molar-refractivity contribution < 1.29 is 9.47 Å². The molecule has 3 rings (SSSR count). The van der Waals surface area contributed by atoms with Crippen LogP contribution in [0.3, 0.4) is 0 Å². The number of allylic oxidation sites excluding steroid dienone is 1. The second kappa shape index (κ2) is 4.91. The summed E-state index contributed by atoms with van der Waals surface area (Å²) in [4.78, 5) is 0. The van der Waals surface area contributed by atoms with Gasteiger partial charge in [-0.25, -0.2) is 0 Å². The maximum Gasteiger partial charge on any atom is 0.201 e. The summed E-state index contributed by atoms with van der Waals surface area (Å²) in [5.41, 5.74) is 14.0. The molecule has 0 saturated heterocycles. The van der Waals surface area contributed by atoms with Crippen molar-refractivity contribution >= 4 is 12.6 Å². The SMILES string of the molecule is COc1ccc2c(c1)C(S)C1=C(NC(N)C(C#N)=C1N)O2. The third-order valence-electron chi connectivity index (χ3n) is 3.54. The Morgan fingerprint density at radius 2 is 2.24 bits per heavy atom. The highest BCUT2D eigenvalue weighted by Gasteiger charge is 2.35. The lowest BCUT2D eigenvalue weighted by Gasteiger charge is -2.34. The zero-order valence-electron chi connectivity index (χ0n) is 11.3. The molecule has 21 heavy (non-hydrogen) atoms. The largest absolute Gasteiger partial charge is 0.497 e. The number of dihydropyridines is 1. The fourth-order valence-corrected chi connectivity index (χ4v) is 2.90. The fourth-order valence-electron chi connectivity index (χ4n) is 2.44. The van der Waals surface area contributed by atoms with E-state index in [9.17, 15) is 0 Å². The molecule has 108 valence electrons. The van der Waals surface area contributed by atoms with Crippen molar-refractivity contribution in [1.29, 1.82) is 5.26 Å². The highest BCUT2D eigenvalue weighted by molar-refractivity contribution is 7.80. The molecule has 1 aromatic carbocycles. The van der Waals surface area contributed by atoms with Crippen LogP contribution in [0.25, 0.3) is 0 Å². The number of rotatable bonds is 1. The first kappa shape index (κ1) is 13.7. The molecule has 2 aliphatic heterocycles. The molecule has 0 aromatic heterocycles. The third-order valence-corrected chi connectivity index (χ3v) is 4.08. The molecule has 2 heterocycles. The lowest BCUT2D eigenvalue weighted by atomic mass is 9.93. The van der Waals surface area contributed by atoms with E-state index in [0.29, 0.717) is 28.7 Å². The second-order valence-electron chi connectivity index (χ2n) is 4.71. The number of benzene rings is 1. The first-order chi connectivity index (χ1) is 10.1. The van der Waals surface area contributed by atoms with Gasteiger partial charge >= 0.3 is 0 Å². The van der Waals surface area contributed by atoms with Gasteiger partial charge in [0.05, 0.1) is 29.2 Å². The number of ether oxygens (including phenoxy) is 2. The maximum atomic E-state index is 9.17. The average molecular weight is 302 g/mol. The Balaban J connectivity index is 2.12. The fraction of sp³-hybridized carbons (Fsp3) is 0.214. The molecule has 0 saturated carbocycles. The summed E-state index contributed by atoms with van der Waals surface area (Å²) in [6, 6.07) is 7.46. The predicted molar refractivity (Wildman–Crippen MR) is 80.3 cm³/mol. The van der Waals surface area contributed by atoms with Gasteiger partial charge in [0.2, 0.25) is 5.88 Å². The number of nitrogens with one attached hydrogen (secondary N) is 1. The van der Waals surface area contributed by atoms with Crippen LogP contribution >= 0.6 is 12.6 Å².